The predicted octanol–water partition coefficient (Wildman–Crippen LogP) is 3.63. The van der Waals surface area contributed by atoms with Crippen molar-refractivity contribution in [3.63, 3.8) is 0 Å². The molecule has 0 saturated heterocycles. The van der Waals surface area contributed by atoms with Crippen LogP contribution in [0.25, 0.3) is 0 Å². The highest BCUT2D eigenvalue weighted by Gasteiger charge is 2.25. The number of aryl methyl sites for hydroxylation is 2. The van der Waals surface area contributed by atoms with Gasteiger partial charge in [-0.25, -0.2) is 0 Å². The van der Waals surface area contributed by atoms with Crippen LogP contribution in [0.2, 0.25) is 0 Å². The fraction of sp³-hybridized carbons (Fsp3) is 0.278. The third-order valence-electron chi connectivity index (χ3n) is 3.80. The summed E-state index contributed by atoms with van der Waals surface area (Å²) >= 11 is 0. The first-order valence-corrected chi connectivity index (χ1v) is 6.72. The van der Waals surface area contributed by atoms with Crippen molar-refractivity contribution in [3.8, 4) is 6.07 Å². The van der Waals surface area contributed by atoms with Crippen molar-refractivity contribution in [3.05, 3.63) is 70.3 Å². The summed E-state index contributed by atoms with van der Waals surface area (Å²) in [4.78, 5) is 0. The quantitative estimate of drug-likeness (QED) is 0.921. The molecule has 1 atom stereocenters. The largest absolute Gasteiger partial charge is 0.385 e. The molecule has 0 aliphatic carbocycles. The number of hydrogen-bond donors (Lipinski definition) is 1. The molecule has 2 rings (SSSR count). The van der Waals surface area contributed by atoms with Crippen LogP contribution in [0, 0.1) is 25.2 Å². The molecule has 2 aromatic rings. The fourth-order valence-electron chi connectivity index (χ4n) is 2.48. The van der Waals surface area contributed by atoms with E-state index in [-0.39, 0.29) is 0 Å². The number of aliphatic hydroxyl groups is 1. The van der Waals surface area contributed by atoms with Gasteiger partial charge in [-0.05, 0) is 55.2 Å². The van der Waals surface area contributed by atoms with Gasteiger partial charge in [-0.2, -0.15) is 5.26 Å². The first kappa shape index (κ1) is 14.3. The molecule has 0 radical (unpaired) electrons. The van der Waals surface area contributed by atoms with Crippen molar-refractivity contribution in [2.45, 2.75) is 32.8 Å². The summed E-state index contributed by atoms with van der Waals surface area (Å²) in [5, 5.41) is 19.6. The molecule has 2 aromatic carbocycles. The van der Waals surface area contributed by atoms with Crippen molar-refractivity contribution in [2.75, 3.05) is 0 Å². The highest BCUT2D eigenvalue weighted by atomic mass is 16.3. The molecule has 0 aliphatic rings. The maximum Gasteiger partial charge on any atom is 0.0991 e. The summed E-state index contributed by atoms with van der Waals surface area (Å²) in [6.45, 7) is 5.95. The lowest BCUT2D eigenvalue weighted by molar-refractivity contribution is 0.0573. The Morgan fingerprint density at radius 3 is 2.10 bits per heavy atom. The van der Waals surface area contributed by atoms with E-state index < -0.39 is 5.60 Å². The molecule has 0 heterocycles. The van der Waals surface area contributed by atoms with Gasteiger partial charge in [0.25, 0.3) is 0 Å². The van der Waals surface area contributed by atoms with E-state index in [0.717, 1.165) is 5.56 Å². The van der Waals surface area contributed by atoms with Gasteiger partial charge in [-0.1, -0.05) is 30.3 Å². The van der Waals surface area contributed by atoms with Crippen LogP contribution in [-0.2, 0) is 12.0 Å². The Kier molecular flexibility index (Phi) is 3.92. The Labute approximate surface area is 120 Å². The molecule has 20 heavy (non-hydrogen) atoms. The van der Waals surface area contributed by atoms with Gasteiger partial charge in [0.05, 0.1) is 17.2 Å². The van der Waals surface area contributed by atoms with Gasteiger partial charge < -0.3 is 5.11 Å². The molecule has 1 unspecified atom stereocenters. The van der Waals surface area contributed by atoms with E-state index in [2.05, 4.69) is 32.0 Å². The molecule has 0 aromatic heterocycles. The van der Waals surface area contributed by atoms with Crippen LogP contribution < -0.4 is 0 Å². The third kappa shape index (κ3) is 2.89. The van der Waals surface area contributed by atoms with Crippen LogP contribution in [0.1, 0.15) is 34.7 Å². The lowest BCUT2D eigenvalue weighted by Crippen LogP contribution is -2.25. The standard InChI is InChI=1S/C18H19NO/c1-13-5-4-6-14(2)17(13)11-18(3,20)16-9-7-15(12-19)8-10-16/h4-10,20H,11H2,1-3H3. The van der Waals surface area contributed by atoms with Crippen molar-refractivity contribution in [1.82, 2.24) is 0 Å². The van der Waals surface area contributed by atoms with E-state index in [1.165, 1.54) is 16.7 Å². The lowest BCUT2D eigenvalue weighted by Gasteiger charge is -2.26. The van der Waals surface area contributed by atoms with Crippen LogP contribution in [0.4, 0.5) is 0 Å². The molecule has 0 saturated carbocycles. The van der Waals surface area contributed by atoms with Crippen molar-refractivity contribution in [1.29, 1.82) is 5.26 Å². The van der Waals surface area contributed by atoms with Gasteiger partial charge in [0.2, 0.25) is 0 Å². The summed E-state index contributed by atoms with van der Waals surface area (Å²) in [5.41, 5.74) is 4.07. The zero-order chi connectivity index (χ0) is 14.8. The first-order chi connectivity index (χ1) is 9.44. The van der Waals surface area contributed by atoms with Crippen LogP contribution in [0.5, 0.6) is 0 Å². The van der Waals surface area contributed by atoms with Gasteiger partial charge in [0, 0.05) is 6.42 Å². The Balaban J connectivity index is 2.33. The highest BCUT2D eigenvalue weighted by Crippen LogP contribution is 2.28. The second kappa shape index (κ2) is 5.48. The van der Waals surface area contributed by atoms with E-state index in [0.29, 0.717) is 12.0 Å². The maximum atomic E-state index is 10.8. The van der Waals surface area contributed by atoms with Crippen molar-refractivity contribution in [2.24, 2.45) is 0 Å². The number of nitrogens with zero attached hydrogens (tertiary/aromatic N) is 1. The van der Waals surface area contributed by atoms with Crippen molar-refractivity contribution < 1.29 is 5.11 Å². The topological polar surface area (TPSA) is 44.0 Å². The number of rotatable bonds is 3. The predicted molar refractivity (Wildman–Crippen MR) is 80.3 cm³/mol. The molecule has 2 heteroatoms. The average molecular weight is 265 g/mol. The van der Waals surface area contributed by atoms with Gasteiger partial charge in [-0.15, -0.1) is 0 Å². The van der Waals surface area contributed by atoms with Gasteiger partial charge in [0.15, 0.2) is 0 Å². The van der Waals surface area contributed by atoms with E-state index in [1.807, 2.05) is 25.1 Å². The maximum absolute atomic E-state index is 10.8. The minimum Gasteiger partial charge on any atom is -0.385 e. The molecular weight excluding hydrogens is 246 g/mol. The zero-order valence-corrected chi connectivity index (χ0v) is 12.1. The molecular formula is C18H19NO. The summed E-state index contributed by atoms with van der Waals surface area (Å²) in [6, 6.07) is 15.4. The highest BCUT2D eigenvalue weighted by molar-refractivity contribution is 5.38. The van der Waals surface area contributed by atoms with Crippen LogP contribution in [0.3, 0.4) is 0 Å². The average Bonchev–Trinajstić information content (AvgIpc) is 2.43. The minimum atomic E-state index is -0.940. The summed E-state index contributed by atoms with van der Waals surface area (Å²) < 4.78 is 0. The minimum absolute atomic E-state index is 0.567. The van der Waals surface area contributed by atoms with Crippen LogP contribution >= 0.6 is 0 Å². The number of hydrogen-bond acceptors (Lipinski definition) is 2. The van der Waals surface area contributed by atoms with E-state index in [1.54, 1.807) is 12.1 Å². The molecule has 2 nitrogen and oxygen atoms in total. The number of benzene rings is 2. The SMILES string of the molecule is Cc1cccc(C)c1CC(C)(O)c1ccc(C#N)cc1. The van der Waals surface area contributed by atoms with Gasteiger partial charge >= 0.3 is 0 Å². The fourth-order valence-corrected chi connectivity index (χ4v) is 2.48. The third-order valence-corrected chi connectivity index (χ3v) is 3.80. The monoisotopic (exact) mass is 265 g/mol. The molecule has 0 fully saturated rings. The van der Waals surface area contributed by atoms with Gasteiger partial charge in [0.1, 0.15) is 0 Å². The second-order valence-electron chi connectivity index (χ2n) is 5.51. The van der Waals surface area contributed by atoms with Crippen molar-refractivity contribution >= 4 is 0 Å². The summed E-state index contributed by atoms with van der Waals surface area (Å²) in [6.07, 6.45) is 0.567. The Morgan fingerprint density at radius 1 is 1.05 bits per heavy atom. The number of nitriles is 1. The zero-order valence-electron chi connectivity index (χ0n) is 12.1. The van der Waals surface area contributed by atoms with E-state index in [4.69, 9.17) is 5.26 Å². The van der Waals surface area contributed by atoms with Gasteiger partial charge in [-0.3, -0.25) is 0 Å². The Hall–Kier alpha value is -2.11. The molecule has 0 amide bonds. The molecule has 0 bridgehead atoms. The lowest BCUT2D eigenvalue weighted by atomic mass is 9.85. The molecule has 102 valence electrons. The first-order valence-electron chi connectivity index (χ1n) is 6.72. The molecule has 1 N–H and O–H groups in total. The molecule has 0 spiro atoms. The normalized spacial score (nSPS) is 13.6. The van der Waals surface area contributed by atoms with E-state index >= 15 is 0 Å². The summed E-state index contributed by atoms with van der Waals surface area (Å²) in [5.74, 6) is 0. The Morgan fingerprint density at radius 2 is 1.60 bits per heavy atom. The second-order valence-corrected chi connectivity index (χ2v) is 5.51. The smallest absolute Gasteiger partial charge is 0.0991 e. The van der Waals surface area contributed by atoms with E-state index in [9.17, 15) is 5.11 Å². The molecule has 0 aliphatic heterocycles. The summed E-state index contributed by atoms with van der Waals surface area (Å²) in [7, 11) is 0. The van der Waals surface area contributed by atoms with Crippen LogP contribution in [0.15, 0.2) is 42.5 Å². The van der Waals surface area contributed by atoms with Crippen LogP contribution in [-0.4, -0.2) is 5.11 Å². The Bertz CT molecular complexity index is 628.